The van der Waals surface area contributed by atoms with Crippen LogP contribution in [0.2, 0.25) is 0 Å². The molecule has 1 aromatic carbocycles. The van der Waals surface area contributed by atoms with Crippen molar-refractivity contribution in [3.63, 3.8) is 0 Å². The molecule has 2 aromatic rings. The van der Waals surface area contributed by atoms with E-state index in [1.54, 1.807) is 31.7 Å². The highest BCUT2D eigenvalue weighted by molar-refractivity contribution is 7.93. The van der Waals surface area contributed by atoms with Crippen LogP contribution in [0.4, 0.5) is 0 Å². The van der Waals surface area contributed by atoms with Crippen LogP contribution in [0, 0.1) is 0 Å². The largest absolute Gasteiger partial charge is 0.356 e. The molecule has 0 spiro atoms. The lowest BCUT2D eigenvalue weighted by molar-refractivity contribution is -0.129. The molecule has 1 aliphatic rings. The number of sulfone groups is 1. The van der Waals surface area contributed by atoms with Crippen molar-refractivity contribution < 1.29 is 17.7 Å². The number of benzene rings is 1. The minimum absolute atomic E-state index is 0.110. The number of rotatable bonds is 3. The number of amides is 1. The zero-order valence-corrected chi connectivity index (χ0v) is 15.0. The smallest absolute Gasteiger partial charge is 0.228 e. The van der Waals surface area contributed by atoms with Gasteiger partial charge in [-0.15, -0.1) is 0 Å². The molecule has 1 atom stereocenters. The highest BCUT2D eigenvalue weighted by Gasteiger charge is 2.41. The SMILES string of the molecule is CC(C)(C)S(=O)(=O)C1CCN(C(=O)Cc2noc3ccccc23)C1. The molecule has 6 nitrogen and oxygen atoms in total. The monoisotopic (exact) mass is 350 g/mol. The molecule has 1 fully saturated rings. The number of carbonyl (C=O) groups excluding carboxylic acids is 1. The lowest BCUT2D eigenvalue weighted by Gasteiger charge is -2.24. The van der Waals surface area contributed by atoms with Gasteiger partial charge in [-0.2, -0.15) is 0 Å². The van der Waals surface area contributed by atoms with E-state index in [9.17, 15) is 13.2 Å². The predicted molar refractivity (Wildman–Crippen MR) is 91.4 cm³/mol. The summed E-state index contributed by atoms with van der Waals surface area (Å²) in [5.74, 6) is -0.110. The Morgan fingerprint density at radius 3 is 2.75 bits per heavy atom. The molecule has 0 aliphatic carbocycles. The summed E-state index contributed by atoms with van der Waals surface area (Å²) in [6.07, 6.45) is 0.615. The second-order valence-electron chi connectivity index (χ2n) is 7.21. The molecule has 2 heterocycles. The lowest BCUT2D eigenvalue weighted by atomic mass is 10.1. The Balaban J connectivity index is 1.71. The van der Waals surface area contributed by atoms with Crippen LogP contribution in [0.5, 0.6) is 0 Å². The van der Waals surface area contributed by atoms with Gasteiger partial charge in [-0.1, -0.05) is 17.3 Å². The maximum absolute atomic E-state index is 12.5. The molecule has 1 aromatic heterocycles. The standard InChI is InChI=1S/C17H22N2O4S/c1-17(2,3)24(21,22)12-8-9-19(11-12)16(20)10-14-13-6-4-5-7-15(13)23-18-14/h4-7,12H,8-11H2,1-3H3. The molecule has 1 unspecified atom stereocenters. The summed E-state index contributed by atoms with van der Waals surface area (Å²) in [5, 5.41) is 4.31. The molecular weight excluding hydrogens is 328 g/mol. The number of nitrogens with zero attached hydrogens (tertiary/aromatic N) is 2. The number of hydrogen-bond acceptors (Lipinski definition) is 5. The summed E-state index contributed by atoms with van der Waals surface area (Å²) in [6.45, 7) is 5.83. The van der Waals surface area contributed by atoms with E-state index >= 15 is 0 Å². The summed E-state index contributed by atoms with van der Waals surface area (Å²) < 4.78 is 29.5. The molecule has 0 saturated carbocycles. The highest BCUT2D eigenvalue weighted by atomic mass is 32.2. The van der Waals surface area contributed by atoms with Crippen molar-refractivity contribution in [1.82, 2.24) is 10.1 Å². The second kappa shape index (κ2) is 5.88. The summed E-state index contributed by atoms with van der Waals surface area (Å²) in [5.41, 5.74) is 1.24. The van der Waals surface area contributed by atoms with Crippen LogP contribution in [0.25, 0.3) is 11.0 Å². The Hall–Kier alpha value is -1.89. The van der Waals surface area contributed by atoms with Gasteiger partial charge in [0.05, 0.1) is 16.4 Å². The van der Waals surface area contributed by atoms with E-state index in [1.807, 2.05) is 18.2 Å². The van der Waals surface area contributed by atoms with Gasteiger partial charge in [-0.05, 0) is 39.3 Å². The van der Waals surface area contributed by atoms with Crippen molar-refractivity contribution in [1.29, 1.82) is 0 Å². The zero-order chi connectivity index (χ0) is 17.5. The maximum atomic E-state index is 12.5. The molecule has 130 valence electrons. The summed E-state index contributed by atoms with van der Waals surface area (Å²) in [7, 11) is -3.27. The third kappa shape index (κ3) is 2.92. The third-order valence-electron chi connectivity index (χ3n) is 4.56. The molecule has 1 saturated heterocycles. The number of hydrogen-bond donors (Lipinski definition) is 0. The first-order valence-electron chi connectivity index (χ1n) is 8.04. The van der Waals surface area contributed by atoms with Crippen molar-refractivity contribution in [2.45, 2.75) is 43.6 Å². The fourth-order valence-electron chi connectivity index (χ4n) is 3.03. The molecule has 0 N–H and O–H groups in total. The van der Waals surface area contributed by atoms with Crippen LogP contribution >= 0.6 is 0 Å². The Morgan fingerprint density at radius 1 is 1.33 bits per heavy atom. The van der Waals surface area contributed by atoms with Gasteiger partial charge >= 0.3 is 0 Å². The summed E-state index contributed by atoms with van der Waals surface area (Å²) in [4.78, 5) is 14.2. The first kappa shape index (κ1) is 17.0. The Kier molecular flexibility index (Phi) is 4.15. The van der Waals surface area contributed by atoms with Gasteiger partial charge in [-0.3, -0.25) is 4.79 Å². The van der Waals surface area contributed by atoms with Crippen LogP contribution in [0.15, 0.2) is 28.8 Å². The van der Waals surface area contributed by atoms with E-state index < -0.39 is 19.8 Å². The highest BCUT2D eigenvalue weighted by Crippen LogP contribution is 2.27. The average Bonchev–Trinajstić information content (AvgIpc) is 3.14. The van der Waals surface area contributed by atoms with Crippen molar-refractivity contribution >= 4 is 26.7 Å². The summed E-state index contributed by atoms with van der Waals surface area (Å²) >= 11 is 0. The molecular formula is C17H22N2O4S. The average molecular weight is 350 g/mol. The normalized spacial score (nSPS) is 19.1. The van der Waals surface area contributed by atoms with Gasteiger partial charge in [0.25, 0.3) is 0 Å². The van der Waals surface area contributed by atoms with Crippen LogP contribution in [-0.2, 0) is 21.1 Å². The van der Waals surface area contributed by atoms with Gasteiger partial charge in [0.1, 0.15) is 5.69 Å². The van der Waals surface area contributed by atoms with Crippen molar-refractivity contribution in [2.24, 2.45) is 0 Å². The first-order chi connectivity index (χ1) is 11.2. The van der Waals surface area contributed by atoms with Gasteiger partial charge in [0, 0.05) is 18.5 Å². The van der Waals surface area contributed by atoms with E-state index in [1.165, 1.54) is 0 Å². The lowest BCUT2D eigenvalue weighted by Crippen LogP contribution is -2.40. The fourth-order valence-corrected chi connectivity index (χ4v) is 4.82. The number of likely N-dealkylation sites (tertiary alicyclic amines) is 1. The minimum atomic E-state index is -3.27. The van der Waals surface area contributed by atoms with E-state index in [-0.39, 0.29) is 18.9 Å². The Bertz CT molecular complexity index is 864. The third-order valence-corrected chi connectivity index (χ3v) is 7.53. The molecule has 24 heavy (non-hydrogen) atoms. The zero-order valence-electron chi connectivity index (χ0n) is 14.2. The van der Waals surface area contributed by atoms with E-state index in [2.05, 4.69) is 5.16 Å². The van der Waals surface area contributed by atoms with Gasteiger partial charge in [0.2, 0.25) is 5.91 Å². The van der Waals surface area contributed by atoms with Crippen molar-refractivity contribution in [3.05, 3.63) is 30.0 Å². The second-order valence-corrected chi connectivity index (χ2v) is 10.2. The topological polar surface area (TPSA) is 80.5 Å². The molecule has 7 heteroatoms. The van der Waals surface area contributed by atoms with E-state index in [0.717, 1.165) is 5.39 Å². The van der Waals surface area contributed by atoms with Gasteiger partial charge in [0.15, 0.2) is 15.4 Å². The Morgan fingerprint density at radius 2 is 2.04 bits per heavy atom. The fraction of sp³-hybridized carbons (Fsp3) is 0.529. The molecule has 3 rings (SSSR count). The van der Waals surface area contributed by atoms with Crippen LogP contribution in [-0.4, -0.2) is 47.5 Å². The molecule has 0 bridgehead atoms. The van der Waals surface area contributed by atoms with Crippen molar-refractivity contribution in [2.75, 3.05) is 13.1 Å². The van der Waals surface area contributed by atoms with Crippen molar-refractivity contribution in [3.8, 4) is 0 Å². The molecule has 1 aliphatic heterocycles. The summed E-state index contributed by atoms with van der Waals surface area (Å²) in [6, 6.07) is 7.39. The first-order valence-corrected chi connectivity index (χ1v) is 9.59. The number of carbonyl (C=O) groups is 1. The maximum Gasteiger partial charge on any atom is 0.228 e. The molecule has 1 amide bonds. The quantitative estimate of drug-likeness (QED) is 0.847. The van der Waals surface area contributed by atoms with E-state index in [0.29, 0.717) is 24.2 Å². The van der Waals surface area contributed by atoms with Crippen LogP contribution < -0.4 is 0 Å². The minimum Gasteiger partial charge on any atom is -0.356 e. The number of aromatic nitrogens is 1. The predicted octanol–water partition coefficient (Wildman–Crippen LogP) is 2.18. The van der Waals surface area contributed by atoms with E-state index in [4.69, 9.17) is 4.52 Å². The molecule has 0 radical (unpaired) electrons. The number of para-hydroxylation sites is 1. The van der Waals surface area contributed by atoms with Crippen LogP contribution in [0.3, 0.4) is 0 Å². The van der Waals surface area contributed by atoms with Crippen LogP contribution in [0.1, 0.15) is 32.9 Å². The number of fused-ring (bicyclic) bond motifs is 1. The van der Waals surface area contributed by atoms with Gasteiger partial charge < -0.3 is 9.42 Å². The Labute approximate surface area is 141 Å². The van der Waals surface area contributed by atoms with Gasteiger partial charge in [-0.25, -0.2) is 8.42 Å².